The number of hydrogen-bond donors (Lipinski definition) is 4. The minimum Gasteiger partial charge on any atom is -0.543 e. The molecule has 1 fully saturated rings. The summed E-state index contributed by atoms with van der Waals surface area (Å²) >= 11 is 1.98. The van der Waals surface area contributed by atoms with Crippen LogP contribution in [-0.4, -0.2) is 82.7 Å². The normalized spacial score (nSPS) is 19.0. The molecule has 0 radical (unpaired) electrons. The number of aromatic nitrogens is 4. The van der Waals surface area contributed by atoms with Crippen molar-refractivity contribution in [2.75, 3.05) is 16.8 Å². The second-order valence-electron chi connectivity index (χ2n) is 8.99. The fraction of sp³-hybridized carbons (Fsp3) is 0.381. The van der Waals surface area contributed by atoms with Crippen molar-refractivity contribution in [1.29, 1.82) is 0 Å². The van der Waals surface area contributed by atoms with Crippen LogP contribution >= 0.6 is 23.3 Å². The zero-order chi connectivity index (χ0) is 29.4. The smallest absolute Gasteiger partial charge is 0.350 e. The Balaban J connectivity index is 1.55. The summed E-state index contributed by atoms with van der Waals surface area (Å²) in [6.45, 7) is 2.51. The fourth-order valence-corrected chi connectivity index (χ4v) is 5.55. The lowest BCUT2D eigenvalue weighted by atomic mass is 10.0. The molecule has 0 spiro atoms. The number of rotatable bonds is 11. The highest BCUT2D eigenvalue weighted by Gasteiger charge is 2.53. The van der Waals surface area contributed by atoms with Gasteiger partial charge in [0, 0.05) is 22.9 Å². The topological polar surface area (TPSA) is 238 Å². The number of nitrogens with zero attached hydrogens (tertiary/aromatic N) is 6. The molecule has 0 aliphatic carbocycles. The summed E-state index contributed by atoms with van der Waals surface area (Å²) in [6.07, 6.45) is 2.14. The first-order chi connectivity index (χ1) is 18.9. The zero-order valence-corrected chi connectivity index (χ0v) is 22.8. The molecule has 0 saturated carbocycles. The van der Waals surface area contributed by atoms with Crippen molar-refractivity contribution in [2.45, 2.75) is 37.4 Å². The minimum absolute atomic E-state index is 0.00291. The summed E-state index contributed by atoms with van der Waals surface area (Å²) in [6, 6.07) is 0.478. The Kier molecular flexibility index (Phi) is 7.78. The predicted octanol–water partition coefficient (Wildman–Crippen LogP) is -3.00. The van der Waals surface area contributed by atoms with Gasteiger partial charge in [0.1, 0.15) is 11.4 Å². The van der Waals surface area contributed by atoms with E-state index in [-0.39, 0.29) is 29.0 Å². The molecule has 2 aromatic heterocycles. The number of β-lactam (4-membered cyclic amide) rings is 1. The molecule has 212 valence electrons. The number of nitrogens with two attached hydrogens (primary N) is 1. The number of anilines is 2. The maximum absolute atomic E-state index is 13.1. The van der Waals surface area contributed by atoms with Gasteiger partial charge in [0.05, 0.1) is 24.8 Å². The van der Waals surface area contributed by atoms with Crippen LogP contribution in [0.25, 0.3) is 0 Å². The van der Waals surface area contributed by atoms with E-state index in [4.69, 9.17) is 10.6 Å². The summed E-state index contributed by atoms with van der Waals surface area (Å²) in [5.41, 5.74) is 3.35. The Hall–Kier alpha value is -4.52. The highest BCUT2D eigenvalue weighted by molar-refractivity contribution is 8.00. The number of carboxylic acid groups (broad SMARTS) is 2. The van der Waals surface area contributed by atoms with Gasteiger partial charge >= 0.3 is 5.97 Å². The summed E-state index contributed by atoms with van der Waals surface area (Å²) in [7, 11) is 1.66. The minimum atomic E-state index is -1.81. The molecule has 2 aliphatic rings. The van der Waals surface area contributed by atoms with E-state index in [2.05, 4.69) is 25.1 Å². The largest absolute Gasteiger partial charge is 0.543 e. The monoisotopic (exact) mass is 593 g/mol. The molecule has 3 amide bonds. The van der Waals surface area contributed by atoms with Crippen molar-refractivity contribution in [1.82, 2.24) is 24.3 Å². The number of amides is 3. The molecule has 40 heavy (non-hydrogen) atoms. The van der Waals surface area contributed by atoms with Crippen molar-refractivity contribution in [3.05, 3.63) is 29.4 Å². The maximum Gasteiger partial charge on any atom is 0.350 e. The molecule has 5 N–H and O–H groups in total. The van der Waals surface area contributed by atoms with Crippen LogP contribution in [0.4, 0.5) is 10.9 Å². The van der Waals surface area contributed by atoms with Crippen LogP contribution in [0.1, 0.15) is 19.7 Å². The van der Waals surface area contributed by atoms with E-state index in [1.165, 1.54) is 25.6 Å². The number of fused-ring (bicyclic) bond motifs is 1. The summed E-state index contributed by atoms with van der Waals surface area (Å²) in [4.78, 5) is 70.4. The van der Waals surface area contributed by atoms with Crippen LogP contribution in [0, 0.1) is 0 Å². The van der Waals surface area contributed by atoms with Gasteiger partial charge in [0.25, 0.3) is 11.8 Å². The lowest BCUT2D eigenvalue weighted by molar-refractivity contribution is -0.765. The highest BCUT2D eigenvalue weighted by atomic mass is 32.2. The summed E-state index contributed by atoms with van der Waals surface area (Å²) in [5, 5.41) is 29.2. The number of nitrogen functional groups attached to an aromatic ring is 1. The number of carbonyl (C=O) groups excluding carboxylic acids is 4. The number of aliphatic carboxylic acids is 2. The number of hydrogen-bond acceptors (Lipinski definition) is 13. The standard InChI is InChI=1S/C21H23N9O8S2/c1-21(2,19(36)37)38-26-11(14-25-20(22)40-27-14)15(32)24-12-16(33)30-13(18(34)35)9(7-39-17(12)30)6-29-5-4-10(23-8-31)28(29)3/h4-5,8,12,17H,6-7H2,1-3H3,(H5,22,24,25,27,32,34,35,36,37)/t12-,17-/m1/s1. The number of nitrogens with one attached hydrogen (secondary N) is 2. The zero-order valence-electron chi connectivity index (χ0n) is 21.2. The number of carbonyl (C=O) groups is 5. The molecule has 0 unspecified atom stereocenters. The molecular formula is C21H23N9O8S2. The van der Waals surface area contributed by atoms with E-state index < -0.39 is 46.5 Å². The molecule has 4 heterocycles. The lowest BCUT2D eigenvalue weighted by Crippen LogP contribution is -2.71. The molecule has 17 nitrogen and oxygen atoms in total. The predicted molar refractivity (Wildman–Crippen MR) is 136 cm³/mol. The lowest BCUT2D eigenvalue weighted by Gasteiger charge is -2.50. The first kappa shape index (κ1) is 28.5. The SMILES string of the molecule is Cn1c(NC=O)cc[n+]1CC1=C(C(=O)[O-])N2C(=O)[C@@H](NC(=O)C(=NOC(C)(C)C(=O)O)c3nsc(N)n3)[C@H]2SC1. The molecule has 4 rings (SSSR count). The molecule has 0 bridgehead atoms. The van der Waals surface area contributed by atoms with Gasteiger partial charge in [0.2, 0.25) is 23.5 Å². The Morgan fingerprint density at radius 1 is 1.43 bits per heavy atom. The van der Waals surface area contributed by atoms with Gasteiger partial charge in [-0.2, -0.15) is 9.36 Å². The van der Waals surface area contributed by atoms with Crippen LogP contribution in [0.3, 0.4) is 0 Å². The van der Waals surface area contributed by atoms with Crippen molar-refractivity contribution in [3.8, 4) is 0 Å². The molecule has 2 aromatic rings. The average molecular weight is 594 g/mol. The van der Waals surface area contributed by atoms with Crippen LogP contribution in [-0.2, 0) is 42.4 Å². The second kappa shape index (κ2) is 10.9. The van der Waals surface area contributed by atoms with Gasteiger partial charge in [-0.1, -0.05) is 5.16 Å². The third kappa shape index (κ3) is 5.32. The van der Waals surface area contributed by atoms with E-state index in [1.807, 2.05) is 0 Å². The Morgan fingerprint density at radius 3 is 2.75 bits per heavy atom. The quantitative estimate of drug-likeness (QED) is 0.0670. The van der Waals surface area contributed by atoms with Crippen molar-refractivity contribution in [2.24, 2.45) is 12.2 Å². The molecule has 1 saturated heterocycles. The van der Waals surface area contributed by atoms with Crippen LogP contribution in [0.15, 0.2) is 28.7 Å². The maximum atomic E-state index is 13.1. The average Bonchev–Trinajstić information content (AvgIpc) is 3.47. The van der Waals surface area contributed by atoms with Crippen molar-refractivity contribution < 1.29 is 43.7 Å². The fourth-order valence-electron chi connectivity index (χ4n) is 3.78. The summed E-state index contributed by atoms with van der Waals surface area (Å²) in [5.74, 6) is -4.17. The van der Waals surface area contributed by atoms with Crippen molar-refractivity contribution >= 4 is 70.1 Å². The van der Waals surface area contributed by atoms with Crippen LogP contribution in [0.5, 0.6) is 0 Å². The van der Waals surface area contributed by atoms with Gasteiger partial charge in [-0.25, -0.2) is 4.79 Å². The Bertz CT molecular complexity index is 1460. The van der Waals surface area contributed by atoms with E-state index in [1.54, 1.807) is 28.7 Å². The molecule has 0 aromatic carbocycles. The third-order valence-corrected chi connectivity index (χ3v) is 7.86. The van der Waals surface area contributed by atoms with Crippen molar-refractivity contribution in [3.63, 3.8) is 0 Å². The molecule has 2 atom stereocenters. The van der Waals surface area contributed by atoms with Gasteiger partial charge in [-0.15, -0.1) is 21.1 Å². The first-order valence-electron chi connectivity index (χ1n) is 11.4. The van der Waals surface area contributed by atoms with Gasteiger partial charge in [0.15, 0.2) is 23.7 Å². The highest BCUT2D eigenvalue weighted by Crippen LogP contribution is 2.40. The van der Waals surface area contributed by atoms with Crippen LogP contribution < -0.4 is 26.2 Å². The van der Waals surface area contributed by atoms with Gasteiger partial charge < -0.3 is 36.2 Å². The molecular weight excluding hydrogens is 570 g/mol. The van der Waals surface area contributed by atoms with E-state index >= 15 is 0 Å². The first-order valence-corrected chi connectivity index (χ1v) is 13.2. The number of thioether (sulfide) groups is 1. The van der Waals surface area contributed by atoms with E-state index in [0.717, 1.165) is 16.4 Å². The number of oxime groups is 1. The van der Waals surface area contributed by atoms with E-state index in [9.17, 15) is 34.2 Å². The van der Waals surface area contributed by atoms with Crippen LogP contribution in [0.2, 0.25) is 0 Å². The summed E-state index contributed by atoms with van der Waals surface area (Å²) < 4.78 is 7.14. The molecule has 2 aliphatic heterocycles. The van der Waals surface area contributed by atoms with Gasteiger partial charge in [-0.3, -0.25) is 19.3 Å². The van der Waals surface area contributed by atoms with Gasteiger partial charge in [-0.05, 0) is 13.8 Å². The third-order valence-electron chi connectivity index (χ3n) is 5.97. The Labute approximate surface area is 233 Å². The van der Waals surface area contributed by atoms with E-state index in [0.29, 0.717) is 17.8 Å². The Morgan fingerprint density at radius 2 is 2.15 bits per heavy atom. The number of carboxylic acids is 2. The molecule has 19 heteroatoms. The second-order valence-corrected chi connectivity index (χ2v) is 10.9.